The molecule has 0 aliphatic rings. The second kappa shape index (κ2) is 5.96. The molecule has 2 heterocycles. The molecule has 0 radical (unpaired) electrons. The average Bonchev–Trinajstić information content (AvgIpc) is 2.51. The number of nitrogens with zero attached hydrogens (tertiary/aromatic N) is 2. The number of halogens is 2. The highest BCUT2D eigenvalue weighted by atomic mass is 79.9. The van der Waals surface area contributed by atoms with Crippen molar-refractivity contribution < 1.29 is 0 Å². The molecule has 4 heteroatoms. The third-order valence-corrected chi connectivity index (χ3v) is 4.66. The van der Waals surface area contributed by atoms with E-state index < -0.39 is 0 Å². The second-order valence-corrected chi connectivity index (χ2v) is 5.92. The smallest absolute Gasteiger partial charge is 0.0921 e. The summed E-state index contributed by atoms with van der Waals surface area (Å²) in [7, 11) is 0. The minimum absolute atomic E-state index is 0.649. The topological polar surface area (TPSA) is 25.8 Å². The van der Waals surface area contributed by atoms with E-state index in [1.807, 2.05) is 30.5 Å². The van der Waals surface area contributed by atoms with Crippen molar-refractivity contribution in [2.75, 3.05) is 0 Å². The van der Waals surface area contributed by atoms with Crippen LogP contribution in [0.25, 0.3) is 17.0 Å². The van der Waals surface area contributed by atoms with Gasteiger partial charge in [0.2, 0.25) is 0 Å². The Balaban J connectivity index is 2.08. The SMILES string of the molecule is C=Cc1cnc2c(Cc3cccc(Br)c3Cl)nccc2c1. The third kappa shape index (κ3) is 2.85. The molecule has 0 aliphatic heterocycles. The van der Waals surface area contributed by atoms with E-state index in [1.165, 1.54) is 0 Å². The Kier molecular flexibility index (Phi) is 4.04. The molecule has 0 N–H and O–H groups in total. The summed E-state index contributed by atoms with van der Waals surface area (Å²) in [6.45, 7) is 3.77. The van der Waals surface area contributed by atoms with Crippen LogP contribution in [0.15, 0.2) is 53.8 Å². The Bertz CT molecular complexity index is 830. The van der Waals surface area contributed by atoms with Crippen LogP contribution in [0.2, 0.25) is 5.02 Å². The minimum Gasteiger partial charge on any atom is -0.259 e. The van der Waals surface area contributed by atoms with E-state index in [4.69, 9.17) is 11.6 Å². The molecular weight excluding hydrogens is 348 g/mol. The van der Waals surface area contributed by atoms with E-state index in [0.717, 1.165) is 37.2 Å². The maximum absolute atomic E-state index is 6.33. The summed E-state index contributed by atoms with van der Waals surface area (Å²) in [5, 5.41) is 1.78. The molecule has 21 heavy (non-hydrogen) atoms. The normalized spacial score (nSPS) is 10.8. The number of benzene rings is 1. The monoisotopic (exact) mass is 358 g/mol. The Labute approximate surface area is 136 Å². The summed E-state index contributed by atoms with van der Waals surface area (Å²) in [4.78, 5) is 8.98. The van der Waals surface area contributed by atoms with E-state index in [0.29, 0.717) is 6.42 Å². The third-order valence-electron chi connectivity index (χ3n) is 3.32. The summed E-state index contributed by atoms with van der Waals surface area (Å²) in [5.41, 5.74) is 3.85. The van der Waals surface area contributed by atoms with Gasteiger partial charge in [-0.25, -0.2) is 0 Å². The van der Waals surface area contributed by atoms with Crippen molar-refractivity contribution in [2.45, 2.75) is 6.42 Å². The van der Waals surface area contributed by atoms with Crippen LogP contribution < -0.4 is 0 Å². The largest absolute Gasteiger partial charge is 0.259 e. The van der Waals surface area contributed by atoms with Crippen LogP contribution in [0, 0.1) is 0 Å². The number of pyridine rings is 2. The minimum atomic E-state index is 0.649. The molecule has 0 fully saturated rings. The number of fused-ring (bicyclic) bond motifs is 1. The maximum atomic E-state index is 6.33. The lowest BCUT2D eigenvalue weighted by molar-refractivity contribution is 1.08. The first-order valence-corrected chi connectivity index (χ1v) is 7.65. The average molecular weight is 360 g/mol. The van der Waals surface area contributed by atoms with Crippen LogP contribution in [-0.4, -0.2) is 9.97 Å². The number of hydrogen-bond acceptors (Lipinski definition) is 2. The summed E-state index contributed by atoms with van der Waals surface area (Å²) in [6, 6.07) is 9.92. The molecule has 0 atom stereocenters. The molecule has 0 bridgehead atoms. The zero-order chi connectivity index (χ0) is 14.8. The number of aromatic nitrogens is 2. The fourth-order valence-corrected chi connectivity index (χ4v) is 2.84. The van der Waals surface area contributed by atoms with Crippen LogP contribution in [0.5, 0.6) is 0 Å². The summed E-state index contributed by atoms with van der Waals surface area (Å²) in [5.74, 6) is 0. The van der Waals surface area contributed by atoms with Gasteiger partial charge in [0.25, 0.3) is 0 Å². The lowest BCUT2D eigenvalue weighted by atomic mass is 10.1. The predicted molar refractivity (Wildman–Crippen MR) is 91.6 cm³/mol. The molecule has 3 rings (SSSR count). The van der Waals surface area contributed by atoms with Crippen LogP contribution in [0.3, 0.4) is 0 Å². The molecular formula is C17H12BrClN2. The quantitative estimate of drug-likeness (QED) is 0.636. The fraction of sp³-hybridized carbons (Fsp3) is 0.0588. The van der Waals surface area contributed by atoms with Crippen molar-refractivity contribution in [3.8, 4) is 0 Å². The van der Waals surface area contributed by atoms with Gasteiger partial charge in [0, 0.05) is 28.7 Å². The van der Waals surface area contributed by atoms with Crippen LogP contribution in [0.4, 0.5) is 0 Å². The van der Waals surface area contributed by atoms with E-state index in [9.17, 15) is 0 Å². The molecule has 0 saturated carbocycles. The molecule has 1 aromatic carbocycles. The van der Waals surface area contributed by atoms with Crippen molar-refractivity contribution >= 4 is 44.5 Å². The fourth-order valence-electron chi connectivity index (χ4n) is 2.24. The van der Waals surface area contributed by atoms with Crippen LogP contribution in [0.1, 0.15) is 16.8 Å². The first-order valence-electron chi connectivity index (χ1n) is 6.48. The van der Waals surface area contributed by atoms with Crippen molar-refractivity contribution in [1.82, 2.24) is 9.97 Å². The van der Waals surface area contributed by atoms with Crippen molar-refractivity contribution in [3.05, 3.63) is 75.6 Å². The lowest BCUT2D eigenvalue weighted by Gasteiger charge is -2.08. The molecule has 0 unspecified atom stereocenters. The lowest BCUT2D eigenvalue weighted by Crippen LogP contribution is -1.97. The van der Waals surface area contributed by atoms with E-state index in [-0.39, 0.29) is 0 Å². The first-order chi connectivity index (χ1) is 10.2. The van der Waals surface area contributed by atoms with Gasteiger partial charge in [0.05, 0.1) is 16.2 Å². The molecule has 0 saturated heterocycles. The van der Waals surface area contributed by atoms with E-state index in [2.05, 4.69) is 38.5 Å². The zero-order valence-electron chi connectivity index (χ0n) is 11.2. The van der Waals surface area contributed by atoms with Crippen LogP contribution in [-0.2, 0) is 6.42 Å². The van der Waals surface area contributed by atoms with Gasteiger partial charge >= 0.3 is 0 Å². The van der Waals surface area contributed by atoms with Gasteiger partial charge in [-0.15, -0.1) is 0 Å². The van der Waals surface area contributed by atoms with Crippen molar-refractivity contribution in [2.24, 2.45) is 0 Å². The number of rotatable bonds is 3. The standard InChI is InChI=1S/C17H12BrClN2/c1-2-11-8-13-6-7-20-15(17(13)21-10-11)9-12-4-3-5-14(18)16(12)19/h2-8,10H,1,9H2. The molecule has 2 aromatic heterocycles. The second-order valence-electron chi connectivity index (χ2n) is 4.69. The predicted octanol–water partition coefficient (Wildman–Crippen LogP) is 5.28. The van der Waals surface area contributed by atoms with Crippen LogP contribution >= 0.6 is 27.5 Å². The Morgan fingerprint density at radius 1 is 1.24 bits per heavy atom. The molecule has 2 nitrogen and oxygen atoms in total. The van der Waals surface area contributed by atoms with Crippen molar-refractivity contribution in [3.63, 3.8) is 0 Å². The molecule has 0 amide bonds. The van der Waals surface area contributed by atoms with Gasteiger partial charge in [-0.1, -0.05) is 36.4 Å². The summed E-state index contributed by atoms with van der Waals surface area (Å²) < 4.78 is 0.892. The first kappa shape index (κ1) is 14.2. The van der Waals surface area contributed by atoms with Crippen molar-refractivity contribution in [1.29, 1.82) is 0 Å². The molecule has 3 aromatic rings. The maximum Gasteiger partial charge on any atom is 0.0921 e. The van der Waals surface area contributed by atoms with Gasteiger partial charge in [0.15, 0.2) is 0 Å². The molecule has 104 valence electrons. The van der Waals surface area contributed by atoms with Gasteiger partial charge in [0.1, 0.15) is 0 Å². The highest BCUT2D eigenvalue weighted by molar-refractivity contribution is 9.10. The van der Waals surface area contributed by atoms with Gasteiger partial charge in [-0.3, -0.25) is 9.97 Å². The zero-order valence-corrected chi connectivity index (χ0v) is 13.5. The summed E-state index contributed by atoms with van der Waals surface area (Å²) >= 11 is 9.78. The molecule has 0 spiro atoms. The highest BCUT2D eigenvalue weighted by Gasteiger charge is 2.09. The summed E-state index contributed by atoms with van der Waals surface area (Å²) in [6.07, 6.45) is 6.05. The van der Waals surface area contributed by atoms with E-state index in [1.54, 1.807) is 12.3 Å². The Morgan fingerprint density at radius 2 is 2.10 bits per heavy atom. The van der Waals surface area contributed by atoms with Gasteiger partial charge < -0.3 is 0 Å². The number of hydrogen-bond donors (Lipinski definition) is 0. The van der Waals surface area contributed by atoms with E-state index >= 15 is 0 Å². The Morgan fingerprint density at radius 3 is 2.90 bits per heavy atom. The molecule has 0 aliphatic carbocycles. The Hall–Kier alpha value is -1.71. The highest BCUT2D eigenvalue weighted by Crippen LogP contribution is 2.28. The van der Waals surface area contributed by atoms with Gasteiger partial charge in [-0.2, -0.15) is 0 Å². The van der Waals surface area contributed by atoms with Gasteiger partial charge in [-0.05, 0) is 45.3 Å².